The van der Waals surface area contributed by atoms with Crippen molar-refractivity contribution in [1.29, 1.82) is 0 Å². The van der Waals surface area contributed by atoms with E-state index < -0.39 is 5.41 Å². The summed E-state index contributed by atoms with van der Waals surface area (Å²) in [5.74, 6) is -0.435. The lowest BCUT2D eigenvalue weighted by molar-refractivity contribution is -0.147. The lowest BCUT2D eigenvalue weighted by Gasteiger charge is -2.30. The number of hydrogen-bond acceptors (Lipinski definition) is 4. The van der Waals surface area contributed by atoms with Crippen molar-refractivity contribution in [3.63, 3.8) is 0 Å². The first kappa shape index (κ1) is 18.7. The van der Waals surface area contributed by atoms with Gasteiger partial charge in [0.15, 0.2) is 0 Å². The highest BCUT2D eigenvalue weighted by Gasteiger charge is 2.40. The number of carbonyl (C=O) groups excluding carboxylic acids is 2. The topological polar surface area (TPSA) is 73.2 Å². The number of hydrogen-bond donors (Lipinski definition) is 1. The summed E-state index contributed by atoms with van der Waals surface area (Å²) in [6, 6.07) is 9.44. The molecule has 6 heteroatoms. The minimum atomic E-state index is -0.875. The molecular formula is C19H25N3O3. The fourth-order valence-electron chi connectivity index (χ4n) is 2.91. The SMILES string of the molecule is CCC(CNC(=O)CCc1cnn(C)c1)(C(=O)OC)c1ccccc1. The molecule has 1 aromatic heterocycles. The molecule has 0 fully saturated rings. The number of amides is 1. The molecule has 0 aliphatic rings. The molecule has 0 aliphatic carbocycles. The molecule has 0 radical (unpaired) electrons. The normalized spacial score (nSPS) is 13.1. The molecule has 134 valence electrons. The van der Waals surface area contributed by atoms with Crippen LogP contribution in [0.15, 0.2) is 42.7 Å². The van der Waals surface area contributed by atoms with Crippen LogP contribution in [0.1, 0.15) is 30.9 Å². The Morgan fingerprint density at radius 2 is 2.00 bits per heavy atom. The van der Waals surface area contributed by atoms with Gasteiger partial charge < -0.3 is 10.1 Å². The molecule has 1 unspecified atom stereocenters. The van der Waals surface area contributed by atoms with Gasteiger partial charge in [0.1, 0.15) is 5.41 Å². The van der Waals surface area contributed by atoms with Gasteiger partial charge in [-0.3, -0.25) is 14.3 Å². The summed E-state index contributed by atoms with van der Waals surface area (Å²) in [6.45, 7) is 2.14. The van der Waals surface area contributed by atoms with E-state index in [0.29, 0.717) is 19.3 Å². The van der Waals surface area contributed by atoms with Crippen LogP contribution < -0.4 is 5.32 Å². The van der Waals surface area contributed by atoms with Crippen LogP contribution in [-0.2, 0) is 33.2 Å². The van der Waals surface area contributed by atoms with Crippen LogP contribution in [0.25, 0.3) is 0 Å². The third kappa shape index (κ3) is 4.47. The standard InChI is InChI=1S/C19H25N3O3/c1-4-19(18(24)25-3,16-8-6-5-7-9-16)14-20-17(23)11-10-15-12-21-22(2)13-15/h5-9,12-13H,4,10-11,14H2,1-3H3,(H,20,23). The summed E-state index contributed by atoms with van der Waals surface area (Å²) in [5.41, 5.74) is 0.979. The number of aromatic nitrogens is 2. The summed E-state index contributed by atoms with van der Waals surface area (Å²) in [5, 5.41) is 6.99. The van der Waals surface area contributed by atoms with Gasteiger partial charge in [-0.05, 0) is 24.0 Å². The molecule has 2 rings (SSSR count). The fraction of sp³-hybridized carbons (Fsp3) is 0.421. The summed E-state index contributed by atoms with van der Waals surface area (Å²) in [4.78, 5) is 24.7. The number of methoxy groups -OCH3 is 1. The van der Waals surface area contributed by atoms with Crippen LogP contribution in [0.2, 0.25) is 0 Å². The van der Waals surface area contributed by atoms with Crippen LogP contribution >= 0.6 is 0 Å². The van der Waals surface area contributed by atoms with E-state index in [9.17, 15) is 9.59 Å². The number of benzene rings is 1. The monoisotopic (exact) mass is 343 g/mol. The van der Waals surface area contributed by atoms with Gasteiger partial charge in [0.05, 0.1) is 13.3 Å². The molecule has 1 heterocycles. The van der Waals surface area contributed by atoms with Crippen molar-refractivity contribution in [2.24, 2.45) is 7.05 Å². The van der Waals surface area contributed by atoms with Crippen LogP contribution in [0.5, 0.6) is 0 Å². The number of nitrogens with zero attached hydrogens (tertiary/aromatic N) is 2. The zero-order chi connectivity index (χ0) is 18.3. The van der Waals surface area contributed by atoms with Gasteiger partial charge in [-0.25, -0.2) is 0 Å². The van der Waals surface area contributed by atoms with Crippen molar-refractivity contribution >= 4 is 11.9 Å². The van der Waals surface area contributed by atoms with Gasteiger partial charge in [-0.15, -0.1) is 0 Å². The molecule has 2 aromatic rings. The lowest BCUT2D eigenvalue weighted by Crippen LogP contribution is -2.47. The molecule has 0 spiro atoms. The Morgan fingerprint density at radius 3 is 2.56 bits per heavy atom. The highest BCUT2D eigenvalue weighted by molar-refractivity contribution is 5.85. The third-order valence-corrected chi connectivity index (χ3v) is 4.49. The second-order valence-electron chi connectivity index (χ2n) is 6.09. The van der Waals surface area contributed by atoms with Gasteiger partial charge in [0.25, 0.3) is 0 Å². The van der Waals surface area contributed by atoms with Gasteiger partial charge >= 0.3 is 5.97 Å². The van der Waals surface area contributed by atoms with Crippen LogP contribution in [-0.4, -0.2) is 35.3 Å². The summed E-state index contributed by atoms with van der Waals surface area (Å²) >= 11 is 0. The van der Waals surface area contributed by atoms with Crippen molar-refractivity contribution in [1.82, 2.24) is 15.1 Å². The van der Waals surface area contributed by atoms with E-state index in [1.54, 1.807) is 10.9 Å². The van der Waals surface area contributed by atoms with Crippen molar-refractivity contribution in [3.8, 4) is 0 Å². The lowest BCUT2D eigenvalue weighted by atomic mass is 9.78. The van der Waals surface area contributed by atoms with Crippen molar-refractivity contribution in [2.75, 3.05) is 13.7 Å². The Balaban J connectivity index is 2.04. The van der Waals surface area contributed by atoms with E-state index >= 15 is 0 Å². The maximum absolute atomic E-state index is 12.5. The predicted octanol–water partition coefficient (Wildman–Crippen LogP) is 1.99. The number of carbonyl (C=O) groups is 2. The first-order chi connectivity index (χ1) is 12.0. The summed E-state index contributed by atoms with van der Waals surface area (Å²) in [6.07, 6.45) is 5.14. The second kappa shape index (κ2) is 8.46. The van der Waals surface area contributed by atoms with Gasteiger partial charge in [0, 0.05) is 26.2 Å². The minimum Gasteiger partial charge on any atom is -0.468 e. The number of ether oxygens (including phenoxy) is 1. The summed E-state index contributed by atoms with van der Waals surface area (Å²) in [7, 11) is 3.22. The zero-order valence-corrected chi connectivity index (χ0v) is 15.0. The van der Waals surface area contributed by atoms with Crippen molar-refractivity contribution in [2.45, 2.75) is 31.6 Å². The molecule has 6 nitrogen and oxygen atoms in total. The molecule has 1 atom stereocenters. The quantitative estimate of drug-likeness (QED) is 0.744. The van der Waals surface area contributed by atoms with Crippen molar-refractivity contribution in [3.05, 3.63) is 53.9 Å². The average molecular weight is 343 g/mol. The van der Waals surface area contributed by atoms with Gasteiger partial charge in [0.2, 0.25) is 5.91 Å². The Hall–Kier alpha value is -2.63. The van der Waals surface area contributed by atoms with E-state index in [-0.39, 0.29) is 18.4 Å². The molecule has 0 bridgehead atoms. The molecule has 0 saturated heterocycles. The Labute approximate surface area is 148 Å². The molecule has 0 saturated carbocycles. The molecule has 0 aliphatic heterocycles. The first-order valence-corrected chi connectivity index (χ1v) is 8.40. The Bertz CT molecular complexity index is 712. The number of esters is 1. The van der Waals surface area contributed by atoms with Crippen molar-refractivity contribution < 1.29 is 14.3 Å². The van der Waals surface area contributed by atoms with E-state index in [4.69, 9.17) is 4.74 Å². The maximum atomic E-state index is 12.5. The number of nitrogens with one attached hydrogen (secondary N) is 1. The minimum absolute atomic E-state index is 0.0958. The molecule has 1 N–H and O–H groups in total. The number of rotatable bonds is 8. The summed E-state index contributed by atoms with van der Waals surface area (Å²) < 4.78 is 6.73. The number of aryl methyl sites for hydroxylation is 2. The highest BCUT2D eigenvalue weighted by atomic mass is 16.5. The van der Waals surface area contributed by atoms with E-state index in [1.807, 2.05) is 50.5 Å². The zero-order valence-electron chi connectivity index (χ0n) is 15.0. The largest absolute Gasteiger partial charge is 0.468 e. The predicted molar refractivity (Wildman–Crippen MR) is 95.0 cm³/mol. The smallest absolute Gasteiger partial charge is 0.318 e. The molecule has 25 heavy (non-hydrogen) atoms. The van der Waals surface area contributed by atoms with E-state index in [2.05, 4.69) is 10.4 Å². The Kier molecular flexibility index (Phi) is 6.33. The van der Waals surface area contributed by atoms with Crippen LogP contribution in [0.4, 0.5) is 0 Å². The van der Waals surface area contributed by atoms with Gasteiger partial charge in [-0.2, -0.15) is 5.10 Å². The fourth-order valence-corrected chi connectivity index (χ4v) is 2.91. The maximum Gasteiger partial charge on any atom is 0.318 e. The first-order valence-electron chi connectivity index (χ1n) is 8.40. The Morgan fingerprint density at radius 1 is 1.28 bits per heavy atom. The van der Waals surface area contributed by atoms with Gasteiger partial charge in [-0.1, -0.05) is 37.3 Å². The molecular weight excluding hydrogens is 318 g/mol. The average Bonchev–Trinajstić information content (AvgIpc) is 3.06. The van der Waals surface area contributed by atoms with Crippen LogP contribution in [0, 0.1) is 0 Å². The second-order valence-corrected chi connectivity index (χ2v) is 6.09. The van der Waals surface area contributed by atoms with E-state index in [1.165, 1.54) is 7.11 Å². The molecule has 1 aromatic carbocycles. The van der Waals surface area contributed by atoms with E-state index in [0.717, 1.165) is 11.1 Å². The highest BCUT2D eigenvalue weighted by Crippen LogP contribution is 2.29. The van der Waals surface area contributed by atoms with Crippen LogP contribution in [0.3, 0.4) is 0 Å². The third-order valence-electron chi connectivity index (χ3n) is 4.49. The molecule has 1 amide bonds.